The van der Waals surface area contributed by atoms with Crippen LogP contribution in [0.1, 0.15) is 12.5 Å². The monoisotopic (exact) mass is 267 g/mol. The standard InChI is InChI=1S/C14H21NO4/c1-10(9-17-2)19-12-6-4-11(5-7-12)8-13(15)14(16)18-3/h4-7,10,13H,8-9,15H2,1-3H3. The van der Waals surface area contributed by atoms with E-state index in [4.69, 9.17) is 15.2 Å². The molecule has 0 aliphatic rings. The normalized spacial score (nSPS) is 13.7. The second-order valence-corrected chi connectivity index (χ2v) is 4.36. The zero-order chi connectivity index (χ0) is 14.3. The van der Waals surface area contributed by atoms with E-state index in [2.05, 4.69) is 4.74 Å². The molecule has 0 saturated heterocycles. The first-order chi connectivity index (χ1) is 9.06. The third kappa shape index (κ3) is 5.28. The molecule has 5 nitrogen and oxygen atoms in total. The van der Waals surface area contributed by atoms with Crippen molar-refractivity contribution in [2.75, 3.05) is 20.8 Å². The molecule has 1 aromatic rings. The van der Waals surface area contributed by atoms with Crippen molar-refractivity contribution in [1.82, 2.24) is 0 Å². The Labute approximate surface area is 113 Å². The van der Waals surface area contributed by atoms with Gasteiger partial charge in [0.15, 0.2) is 0 Å². The van der Waals surface area contributed by atoms with Crippen LogP contribution >= 0.6 is 0 Å². The molecule has 0 aromatic heterocycles. The number of methoxy groups -OCH3 is 2. The predicted molar refractivity (Wildman–Crippen MR) is 72.1 cm³/mol. The summed E-state index contributed by atoms with van der Waals surface area (Å²) in [6, 6.07) is 6.84. The lowest BCUT2D eigenvalue weighted by Gasteiger charge is -2.14. The minimum absolute atomic E-state index is 0.00632. The summed E-state index contributed by atoms with van der Waals surface area (Å²) in [7, 11) is 2.97. The Kier molecular flexibility index (Phi) is 6.32. The first kappa shape index (κ1) is 15.5. The molecule has 0 heterocycles. The number of esters is 1. The Balaban J connectivity index is 2.54. The third-order valence-electron chi connectivity index (χ3n) is 2.62. The Hall–Kier alpha value is -1.59. The van der Waals surface area contributed by atoms with Crippen LogP contribution in [0.4, 0.5) is 0 Å². The van der Waals surface area contributed by atoms with Gasteiger partial charge in [0.1, 0.15) is 17.9 Å². The molecule has 0 bridgehead atoms. The van der Waals surface area contributed by atoms with Crippen molar-refractivity contribution in [3.05, 3.63) is 29.8 Å². The Morgan fingerprint density at radius 2 is 1.89 bits per heavy atom. The molecule has 106 valence electrons. The van der Waals surface area contributed by atoms with Gasteiger partial charge in [-0.1, -0.05) is 12.1 Å². The van der Waals surface area contributed by atoms with Gasteiger partial charge in [-0.05, 0) is 31.0 Å². The van der Waals surface area contributed by atoms with Crippen molar-refractivity contribution in [3.63, 3.8) is 0 Å². The lowest BCUT2D eigenvalue weighted by Crippen LogP contribution is -2.33. The van der Waals surface area contributed by atoms with Crippen LogP contribution in [0.2, 0.25) is 0 Å². The van der Waals surface area contributed by atoms with E-state index < -0.39 is 12.0 Å². The Morgan fingerprint density at radius 3 is 2.42 bits per heavy atom. The molecule has 0 aliphatic heterocycles. The fourth-order valence-corrected chi connectivity index (χ4v) is 1.69. The molecule has 0 saturated carbocycles. The fourth-order valence-electron chi connectivity index (χ4n) is 1.69. The highest BCUT2D eigenvalue weighted by Crippen LogP contribution is 2.15. The smallest absolute Gasteiger partial charge is 0.322 e. The average Bonchev–Trinajstić information content (AvgIpc) is 2.40. The summed E-state index contributed by atoms with van der Waals surface area (Å²) in [6.45, 7) is 2.47. The topological polar surface area (TPSA) is 70.8 Å². The number of hydrogen-bond acceptors (Lipinski definition) is 5. The molecule has 5 heteroatoms. The van der Waals surface area contributed by atoms with Crippen molar-refractivity contribution in [1.29, 1.82) is 0 Å². The number of ether oxygens (including phenoxy) is 3. The lowest BCUT2D eigenvalue weighted by molar-refractivity contribution is -0.142. The quantitative estimate of drug-likeness (QED) is 0.750. The molecule has 0 amide bonds. The van der Waals surface area contributed by atoms with Crippen LogP contribution in [0.5, 0.6) is 5.75 Å². The van der Waals surface area contributed by atoms with Crippen LogP contribution in [0.15, 0.2) is 24.3 Å². The van der Waals surface area contributed by atoms with E-state index in [0.717, 1.165) is 11.3 Å². The molecule has 1 rings (SSSR count). The summed E-state index contributed by atoms with van der Waals surface area (Å²) in [5.41, 5.74) is 6.66. The van der Waals surface area contributed by atoms with Gasteiger partial charge in [0.2, 0.25) is 0 Å². The Morgan fingerprint density at radius 1 is 1.26 bits per heavy atom. The molecule has 2 N–H and O–H groups in total. The number of nitrogens with two attached hydrogens (primary N) is 1. The Bertz CT molecular complexity index is 391. The van der Waals surface area contributed by atoms with Gasteiger partial charge in [0, 0.05) is 7.11 Å². The largest absolute Gasteiger partial charge is 0.488 e. The molecule has 0 aliphatic carbocycles. The average molecular weight is 267 g/mol. The molecular weight excluding hydrogens is 246 g/mol. The maximum atomic E-state index is 11.2. The van der Waals surface area contributed by atoms with Crippen molar-refractivity contribution >= 4 is 5.97 Å². The van der Waals surface area contributed by atoms with Gasteiger partial charge < -0.3 is 19.9 Å². The molecule has 19 heavy (non-hydrogen) atoms. The molecular formula is C14H21NO4. The summed E-state index contributed by atoms with van der Waals surface area (Å²) in [6.07, 6.45) is 0.439. The van der Waals surface area contributed by atoms with E-state index in [1.54, 1.807) is 7.11 Å². The number of rotatable bonds is 7. The minimum atomic E-state index is -0.635. The van der Waals surface area contributed by atoms with Gasteiger partial charge in [-0.2, -0.15) is 0 Å². The molecule has 0 spiro atoms. The third-order valence-corrected chi connectivity index (χ3v) is 2.62. The van der Waals surface area contributed by atoms with Crippen LogP contribution < -0.4 is 10.5 Å². The maximum absolute atomic E-state index is 11.2. The number of carbonyl (C=O) groups excluding carboxylic acids is 1. The van der Waals surface area contributed by atoms with Crippen LogP contribution in [-0.4, -0.2) is 38.9 Å². The van der Waals surface area contributed by atoms with Gasteiger partial charge in [-0.3, -0.25) is 4.79 Å². The van der Waals surface area contributed by atoms with E-state index in [0.29, 0.717) is 13.0 Å². The van der Waals surface area contributed by atoms with E-state index >= 15 is 0 Å². The van der Waals surface area contributed by atoms with Crippen molar-refractivity contribution < 1.29 is 19.0 Å². The van der Waals surface area contributed by atoms with Crippen molar-refractivity contribution in [2.24, 2.45) is 5.73 Å². The second kappa shape index (κ2) is 7.76. The maximum Gasteiger partial charge on any atom is 0.322 e. The molecule has 2 unspecified atom stereocenters. The molecule has 1 aromatic carbocycles. The summed E-state index contributed by atoms with van der Waals surface area (Å²) in [5, 5.41) is 0. The summed E-state index contributed by atoms with van der Waals surface area (Å²) < 4.78 is 15.2. The SMILES string of the molecule is COCC(C)Oc1ccc(CC(N)C(=O)OC)cc1. The minimum Gasteiger partial charge on any atom is -0.488 e. The van der Waals surface area contributed by atoms with Crippen LogP contribution in [-0.2, 0) is 20.7 Å². The fraction of sp³-hybridized carbons (Fsp3) is 0.500. The molecule has 0 radical (unpaired) electrons. The molecule has 2 atom stereocenters. The highest BCUT2D eigenvalue weighted by molar-refractivity contribution is 5.75. The second-order valence-electron chi connectivity index (χ2n) is 4.36. The lowest BCUT2D eigenvalue weighted by atomic mass is 10.1. The van der Waals surface area contributed by atoms with E-state index in [1.807, 2.05) is 31.2 Å². The van der Waals surface area contributed by atoms with Gasteiger partial charge in [0.05, 0.1) is 13.7 Å². The highest BCUT2D eigenvalue weighted by Gasteiger charge is 2.14. The zero-order valence-electron chi connectivity index (χ0n) is 11.6. The van der Waals surface area contributed by atoms with Gasteiger partial charge >= 0.3 is 5.97 Å². The first-order valence-electron chi connectivity index (χ1n) is 6.14. The summed E-state index contributed by atoms with van der Waals surface area (Å²) >= 11 is 0. The number of hydrogen-bond donors (Lipinski definition) is 1. The number of carbonyl (C=O) groups is 1. The predicted octanol–water partition coefficient (Wildman–Crippen LogP) is 1.14. The summed E-state index contributed by atoms with van der Waals surface area (Å²) in [4.78, 5) is 11.2. The van der Waals surface area contributed by atoms with Crippen LogP contribution in [0.25, 0.3) is 0 Å². The summed E-state index contributed by atoms with van der Waals surface area (Å²) in [5.74, 6) is 0.356. The zero-order valence-corrected chi connectivity index (χ0v) is 11.6. The first-order valence-corrected chi connectivity index (χ1v) is 6.14. The van der Waals surface area contributed by atoms with Crippen LogP contribution in [0.3, 0.4) is 0 Å². The van der Waals surface area contributed by atoms with E-state index in [-0.39, 0.29) is 6.10 Å². The van der Waals surface area contributed by atoms with Crippen LogP contribution in [0, 0.1) is 0 Å². The molecule has 0 fully saturated rings. The van der Waals surface area contributed by atoms with Crippen molar-refractivity contribution in [3.8, 4) is 5.75 Å². The van der Waals surface area contributed by atoms with E-state index in [1.165, 1.54) is 7.11 Å². The van der Waals surface area contributed by atoms with Crippen molar-refractivity contribution in [2.45, 2.75) is 25.5 Å². The van der Waals surface area contributed by atoms with Gasteiger partial charge in [0.25, 0.3) is 0 Å². The highest BCUT2D eigenvalue weighted by atomic mass is 16.5. The van der Waals surface area contributed by atoms with E-state index in [9.17, 15) is 4.79 Å². The number of benzene rings is 1. The van der Waals surface area contributed by atoms with Gasteiger partial charge in [-0.25, -0.2) is 0 Å². The van der Waals surface area contributed by atoms with Gasteiger partial charge in [-0.15, -0.1) is 0 Å².